The Hall–Kier alpha value is -4.71. The molecule has 2 aromatic heterocycles. The third-order valence-electron chi connectivity index (χ3n) is 6.22. The summed E-state index contributed by atoms with van der Waals surface area (Å²) in [7, 11) is 2.03. The van der Waals surface area contributed by atoms with Crippen molar-refractivity contribution in [2.75, 3.05) is 48.8 Å². The fourth-order valence-corrected chi connectivity index (χ4v) is 4.16. The number of carbonyl (C=O) groups is 1. The number of likely N-dealkylation sites (N-methyl/N-ethyl adjacent to an activating group) is 1. The highest BCUT2D eigenvalue weighted by Crippen LogP contribution is 2.26. The van der Waals surface area contributed by atoms with Crippen LogP contribution in [-0.2, 0) is 4.79 Å². The lowest BCUT2D eigenvalue weighted by atomic mass is 10.2. The van der Waals surface area contributed by atoms with Gasteiger partial charge in [0.2, 0.25) is 11.9 Å². The number of carbonyl (C=O) groups excluding carboxylic acids is 1. The monoisotopic (exact) mass is 518 g/mol. The van der Waals surface area contributed by atoms with E-state index in [1.165, 1.54) is 35.0 Å². The van der Waals surface area contributed by atoms with Gasteiger partial charge in [-0.05, 0) is 49.5 Å². The van der Waals surface area contributed by atoms with Crippen LogP contribution < -0.4 is 21.1 Å². The van der Waals surface area contributed by atoms with Crippen LogP contribution in [0.1, 0.15) is 0 Å². The fraction of sp³-hybridized carbons (Fsp3) is 0.192. The van der Waals surface area contributed by atoms with Gasteiger partial charge in [0, 0.05) is 43.8 Å². The Kier molecular flexibility index (Phi) is 6.79. The number of nitrogens with one attached hydrogen (secondary N) is 2. The first kappa shape index (κ1) is 25.0. The van der Waals surface area contributed by atoms with E-state index in [0.29, 0.717) is 17.1 Å². The molecule has 2 aromatic carbocycles. The molecule has 0 radical (unpaired) electrons. The van der Waals surface area contributed by atoms with Crippen LogP contribution in [0.4, 0.5) is 31.8 Å². The second-order valence-electron chi connectivity index (χ2n) is 8.79. The Balaban J connectivity index is 1.48. The topological polar surface area (TPSA) is 108 Å². The van der Waals surface area contributed by atoms with Gasteiger partial charge in [0.15, 0.2) is 5.65 Å². The molecule has 12 heteroatoms. The third-order valence-corrected chi connectivity index (χ3v) is 6.22. The molecule has 1 saturated heterocycles. The smallest absolute Gasteiger partial charge is 0.283 e. The molecule has 194 valence electrons. The van der Waals surface area contributed by atoms with Crippen LogP contribution >= 0.6 is 0 Å². The summed E-state index contributed by atoms with van der Waals surface area (Å²) in [6.45, 7) is 6.56. The fourth-order valence-electron chi connectivity index (χ4n) is 4.16. The molecule has 1 aliphatic rings. The van der Waals surface area contributed by atoms with Crippen LogP contribution in [0.25, 0.3) is 16.7 Å². The molecule has 1 fully saturated rings. The molecule has 0 unspecified atom stereocenters. The number of hydrogen-bond donors (Lipinski definition) is 2. The van der Waals surface area contributed by atoms with Gasteiger partial charge in [0.1, 0.15) is 23.3 Å². The van der Waals surface area contributed by atoms with Crippen LogP contribution in [-0.4, -0.2) is 63.6 Å². The molecular weight excluding hydrogens is 494 g/mol. The number of rotatable bonds is 6. The number of anilines is 4. The number of nitrogens with zero attached hydrogens (tertiary/aromatic N) is 6. The highest BCUT2D eigenvalue weighted by molar-refractivity contribution is 5.99. The summed E-state index contributed by atoms with van der Waals surface area (Å²) in [5.41, 5.74) is 0.702. The Bertz CT molecular complexity index is 1600. The maximum Gasteiger partial charge on any atom is 0.283 e. The van der Waals surface area contributed by atoms with E-state index in [4.69, 9.17) is 0 Å². The number of hydrogen-bond acceptors (Lipinski definition) is 8. The van der Waals surface area contributed by atoms with Gasteiger partial charge in [-0.15, -0.1) is 0 Å². The molecule has 0 saturated carbocycles. The molecule has 10 nitrogen and oxygen atoms in total. The SMILES string of the molecule is C=CC(=O)Nc1ccc(F)c(-n2cnc(=O)c3cnc(Nc4ccc(N5CCN(C)CC5)c(F)c4)nc32)c1. The quantitative estimate of drug-likeness (QED) is 0.375. The normalized spacial score (nSPS) is 13.9. The van der Waals surface area contributed by atoms with E-state index < -0.39 is 17.3 Å². The molecule has 0 bridgehead atoms. The highest BCUT2D eigenvalue weighted by atomic mass is 19.1. The molecule has 1 amide bonds. The number of amides is 1. The van der Waals surface area contributed by atoms with Gasteiger partial charge in [-0.1, -0.05) is 6.58 Å². The molecule has 1 aliphatic heterocycles. The predicted octanol–water partition coefficient (Wildman–Crippen LogP) is 3.07. The number of halogens is 2. The minimum absolute atomic E-state index is 0.00316. The van der Waals surface area contributed by atoms with Gasteiger partial charge in [0.25, 0.3) is 5.56 Å². The van der Waals surface area contributed by atoms with Crippen LogP contribution in [0.2, 0.25) is 0 Å². The zero-order chi connectivity index (χ0) is 26.8. The highest BCUT2D eigenvalue weighted by Gasteiger charge is 2.18. The van der Waals surface area contributed by atoms with E-state index in [0.717, 1.165) is 38.6 Å². The van der Waals surface area contributed by atoms with E-state index in [-0.39, 0.29) is 28.5 Å². The van der Waals surface area contributed by atoms with Crippen molar-refractivity contribution in [3.8, 4) is 5.69 Å². The van der Waals surface area contributed by atoms with Crippen LogP contribution in [0.3, 0.4) is 0 Å². The van der Waals surface area contributed by atoms with Crippen LogP contribution in [0, 0.1) is 11.6 Å². The Labute approximate surface area is 216 Å². The van der Waals surface area contributed by atoms with Gasteiger partial charge in [-0.2, -0.15) is 9.97 Å². The van der Waals surface area contributed by atoms with Gasteiger partial charge in [-0.25, -0.2) is 13.8 Å². The van der Waals surface area contributed by atoms with Crippen molar-refractivity contribution >= 4 is 40.0 Å². The number of piperazine rings is 1. The first-order valence-electron chi connectivity index (χ1n) is 11.8. The van der Waals surface area contributed by atoms with Crippen molar-refractivity contribution < 1.29 is 13.6 Å². The lowest BCUT2D eigenvalue weighted by Crippen LogP contribution is -2.44. The van der Waals surface area contributed by atoms with E-state index in [1.807, 2.05) is 11.9 Å². The van der Waals surface area contributed by atoms with Gasteiger partial charge in [0.05, 0.1) is 11.4 Å². The van der Waals surface area contributed by atoms with Crippen molar-refractivity contribution in [1.82, 2.24) is 24.4 Å². The van der Waals surface area contributed by atoms with E-state index in [1.54, 1.807) is 12.1 Å². The second-order valence-corrected chi connectivity index (χ2v) is 8.79. The maximum absolute atomic E-state index is 15.0. The molecular formula is C26H24F2N8O2. The molecule has 3 heterocycles. The lowest BCUT2D eigenvalue weighted by molar-refractivity contribution is -0.111. The zero-order valence-electron chi connectivity index (χ0n) is 20.5. The van der Waals surface area contributed by atoms with Crippen molar-refractivity contribution in [3.63, 3.8) is 0 Å². The van der Waals surface area contributed by atoms with Crippen LogP contribution in [0.15, 0.2) is 66.4 Å². The summed E-state index contributed by atoms with van der Waals surface area (Å²) in [5.74, 6) is -1.42. The average molecular weight is 519 g/mol. The van der Waals surface area contributed by atoms with Gasteiger partial charge in [-0.3, -0.25) is 14.2 Å². The van der Waals surface area contributed by atoms with Gasteiger partial charge < -0.3 is 20.4 Å². The summed E-state index contributed by atoms with van der Waals surface area (Å²) in [4.78, 5) is 40.6. The van der Waals surface area contributed by atoms with Gasteiger partial charge >= 0.3 is 0 Å². The third kappa shape index (κ3) is 5.06. The first-order valence-corrected chi connectivity index (χ1v) is 11.8. The van der Waals surface area contributed by atoms with Crippen molar-refractivity contribution in [2.45, 2.75) is 0 Å². The molecule has 0 spiro atoms. The van der Waals surface area contributed by atoms with E-state index in [9.17, 15) is 18.4 Å². The standard InChI is InChI=1S/C26H24F2N8O2/c1-3-23(37)31-17-4-6-19(27)22(13-17)36-15-30-25(38)18-14-29-26(33-24(18)36)32-16-5-7-21(20(28)12-16)35-10-8-34(2)9-11-35/h3-7,12-15H,1,8-11H2,2H3,(H,31,37)(H,29,32,33). The largest absolute Gasteiger partial charge is 0.367 e. The van der Waals surface area contributed by atoms with E-state index in [2.05, 4.69) is 37.1 Å². The molecule has 38 heavy (non-hydrogen) atoms. The summed E-state index contributed by atoms with van der Waals surface area (Å²) >= 11 is 0. The first-order chi connectivity index (χ1) is 18.3. The van der Waals surface area contributed by atoms with E-state index >= 15 is 0 Å². The summed E-state index contributed by atoms with van der Waals surface area (Å²) in [6, 6.07) is 8.71. The number of fused-ring (bicyclic) bond motifs is 1. The second kappa shape index (κ2) is 10.3. The van der Waals surface area contributed by atoms with Crippen molar-refractivity contribution in [2.24, 2.45) is 0 Å². The minimum atomic E-state index is -0.636. The molecule has 5 rings (SSSR count). The number of benzene rings is 2. The lowest BCUT2D eigenvalue weighted by Gasteiger charge is -2.34. The van der Waals surface area contributed by atoms with Crippen molar-refractivity contribution in [1.29, 1.82) is 0 Å². The summed E-state index contributed by atoms with van der Waals surface area (Å²) < 4.78 is 31.1. The predicted molar refractivity (Wildman–Crippen MR) is 141 cm³/mol. The van der Waals surface area contributed by atoms with Crippen molar-refractivity contribution in [3.05, 3.63) is 83.6 Å². The molecule has 0 atom stereocenters. The molecule has 2 N–H and O–H groups in total. The zero-order valence-corrected chi connectivity index (χ0v) is 20.5. The maximum atomic E-state index is 15.0. The van der Waals surface area contributed by atoms with Crippen LogP contribution in [0.5, 0.6) is 0 Å². The minimum Gasteiger partial charge on any atom is -0.367 e. The Morgan fingerprint density at radius 1 is 1.00 bits per heavy atom. The average Bonchev–Trinajstić information content (AvgIpc) is 2.91. The number of aromatic nitrogens is 4. The molecule has 4 aromatic rings. The molecule has 0 aliphatic carbocycles. The summed E-state index contributed by atoms with van der Waals surface area (Å²) in [6.07, 6.45) is 3.50. The Morgan fingerprint density at radius 3 is 2.50 bits per heavy atom. The Morgan fingerprint density at radius 2 is 1.76 bits per heavy atom. The summed E-state index contributed by atoms with van der Waals surface area (Å²) in [5, 5.41) is 5.56.